The number of amides is 1. The zero-order chi connectivity index (χ0) is 19.4. The highest BCUT2D eigenvalue weighted by molar-refractivity contribution is 5.88. The lowest BCUT2D eigenvalue weighted by Crippen LogP contribution is -2.51. The van der Waals surface area contributed by atoms with E-state index in [2.05, 4.69) is 0 Å². The zero-order valence-electron chi connectivity index (χ0n) is 16.2. The van der Waals surface area contributed by atoms with E-state index in [1.54, 1.807) is 6.92 Å². The van der Waals surface area contributed by atoms with Crippen LogP contribution in [0.2, 0.25) is 0 Å². The van der Waals surface area contributed by atoms with Crippen LogP contribution in [0.1, 0.15) is 40.0 Å². The van der Waals surface area contributed by atoms with Gasteiger partial charge in [-0.2, -0.15) is 0 Å². The van der Waals surface area contributed by atoms with E-state index in [1.165, 1.54) is 0 Å². The molecule has 1 fully saturated rings. The number of fused-ring (bicyclic) bond motifs is 1. The zero-order valence-corrected chi connectivity index (χ0v) is 16.2. The highest BCUT2D eigenvalue weighted by atomic mass is 16.6. The second-order valence-electron chi connectivity index (χ2n) is 7.27. The van der Waals surface area contributed by atoms with E-state index in [9.17, 15) is 9.59 Å². The fourth-order valence-corrected chi connectivity index (χ4v) is 3.81. The second-order valence-corrected chi connectivity index (χ2v) is 7.27. The van der Waals surface area contributed by atoms with Gasteiger partial charge < -0.3 is 14.4 Å². The molecule has 1 amide bonds. The number of benzene rings is 2. The minimum atomic E-state index is -0.809. The summed E-state index contributed by atoms with van der Waals surface area (Å²) >= 11 is 0. The second kappa shape index (κ2) is 8.42. The SMILES string of the molecule is C[C@@H]1CCC[C@@H](C)N1C(=O)[C@@H](C)OC(=O)COc1cccc2ccccc12. The summed E-state index contributed by atoms with van der Waals surface area (Å²) < 4.78 is 11.0. The minimum Gasteiger partial charge on any atom is -0.481 e. The van der Waals surface area contributed by atoms with Crippen LogP contribution < -0.4 is 4.74 Å². The van der Waals surface area contributed by atoms with Gasteiger partial charge in [-0.05, 0) is 51.5 Å². The predicted octanol–water partition coefficient (Wildman–Crippen LogP) is 3.94. The molecule has 0 radical (unpaired) electrons. The van der Waals surface area contributed by atoms with Crippen LogP contribution in [0.4, 0.5) is 0 Å². The molecule has 1 aliphatic rings. The summed E-state index contributed by atoms with van der Waals surface area (Å²) in [6.45, 7) is 5.50. The molecule has 0 saturated carbocycles. The summed E-state index contributed by atoms with van der Waals surface area (Å²) in [4.78, 5) is 26.8. The van der Waals surface area contributed by atoms with Crippen LogP contribution in [0.5, 0.6) is 5.75 Å². The molecule has 5 nitrogen and oxygen atoms in total. The molecular formula is C22H27NO4. The normalized spacial score (nSPS) is 20.9. The standard InChI is InChI=1S/C22H27NO4/c1-15-8-6-9-16(2)23(15)22(25)17(3)27-21(24)14-26-20-13-7-11-18-10-4-5-12-19(18)20/h4-5,7,10-13,15-17H,6,8-9,14H2,1-3H3/t15-,16-,17-/m1/s1. The molecule has 0 N–H and O–H groups in total. The molecule has 3 rings (SSSR count). The molecule has 144 valence electrons. The Balaban J connectivity index is 1.57. The van der Waals surface area contributed by atoms with Gasteiger partial charge in [0.2, 0.25) is 0 Å². The number of rotatable bonds is 5. The van der Waals surface area contributed by atoms with Crippen molar-refractivity contribution in [1.29, 1.82) is 0 Å². The van der Waals surface area contributed by atoms with Crippen molar-refractivity contribution in [3.8, 4) is 5.75 Å². The van der Waals surface area contributed by atoms with Crippen molar-refractivity contribution in [2.45, 2.75) is 58.2 Å². The third-order valence-corrected chi connectivity index (χ3v) is 5.20. The summed E-state index contributed by atoms with van der Waals surface area (Å²) in [6.07, 6.45) is 2.29. The van der Waals surface area contributed by atoms with Crippen LogP contribution in [0.25, 0.3) is 10.8 Å². The van der Waals surface area contributed by atoms with E-state index in [0.717, 1.165) is 30.0 Å². The average molecular weight is 369 g/mol. The first-order valence-electron chi connectivity index (χ1n) is 9.59. The molecule has 1 saturated heterocycles. The lowest BCUT2D eigenvalue weighted by Gasteiger charge is -2.40. The van der Waals surface area contributed by atoms with Gasteiger partial charge in [0, 0.05) is 17.5 Å². The van der Waals surface area contributed by atoms with E-state index in [1.807, 2.05) is 61.2 Å². The van der Waals surface area contributed by atoms with Crippen LogP contribution in [-0.2, 0) is 14.3 Å². The Hall–Kier alpha value is -2.56. The summed E-state index contributed by atoms with van der Waals surface area (Å²) in [7, 11) is 0. The van der Waals surface area contributed by atoms with Gasteiger partial charge in [-0.15, -0.1) is 0 Å². The maximum atomic E-state index is 12.7. The van der Waals surface area contributed by atoms with E-state index in [4.69, 9.17) is 9.47 Å². The van der Waals surface area contributed by atoms with Gasteiger partial charge in [0.15, 0.2) is 12.7 Å². The first-order valence-corrected chi connectivity index (χ1v) is 9.59. The van der Waals surface area contributed by atoms with Crippen LogP contribution in [0.3, 0.4) is 0 Å². The molecule has 0 aromatic heterocycles. The minimum absolute atomic E-state index is 0.131. The first kappa shape index (κ1) is 19.2. The molecule has 0 bridgehead atoms. The number of hydrogen-bond donors (Lipinski definition) is 0. The van der Waals surface area contributed by atoms with Crippen molar-refractivity contribution in [1.82, 2.24) is 4.90 Å². The number of nitrogens with zero attached hydrogens (tertiary/aromatic N) is 1. The maximum absolute atomic E-state index is 12.7. The monoisotopic (exact) mass is 369 g/mol. The number of carbonyl (C=O) groups excluding carboxylic acids is 2. The summed E-state index contributed by atoms with van der Waals surface area (Å²) in [6, 6.07) is 13.9. The van der Waals surface area contributed by atoms with E-state index in [-0.39, 0.29) is 24.6 Å². The topological polar surface area (TPSA) is 55.8 Å². The van der Waals surface area contributed by atoms with Gasteiger partial charge in [0.05, 0.1) is 0 Å². The third kappa shape index (κ3) is 4.41. The molecule has 5 heteroatoms. The van der Waals surface area contributed by atoms with E-state index >= 15 is 0 Å². The van der Waals surface area contributed by atoms with Crippen LogP contribution in [0.15, 0.2) is 42.5 Å². The van der Waals surface area contributed by atoms with Gasteiger partial charge in [-0.3, -0.25) is 4.79 Å². The Morgan fingerprint density at radius 1 is 1.07 bits per heavy atom. The maximum Gasteiger partial charge on any atom is 0.344 e. The Morgan fingerprint density at radius 3 is 2.48 bits per heavy atom. The Bertz CT molecular complexity index is 804. The molecule has 27 heavy (non-hydrogen) atoms. The molecule has 2 aromatic carbocycles. The first-order chi connectivity index (χ1) is 13.0. The van der Waals surface area contributed by atoms with Crippen molar-refractivity contribution in [3.05, 3.63) is 42.5 Å². The fourth-order valence-electron chi connectivity index (χ4n) is 3.81. The molecule has 3 atom stereocenters. The Labute approximate surface area is 160 Å². The molecule has 0 unspecified atom stereocenters. The quantitative estimate of drug-likeness (QED) is 0.749. The summed E-state index contributed by atoms with van der Waals surface area (Å²) in [5.74, 6) is -0.0448. The third-order valence-electron chi connectivity index (χ3n) is 5.20. The van der Waals surface area contributed by atoms with Crippen molar-refractivity contribution in [2.24, 2.45) is 0 Å². The van der Waals surface area contributed by atoms with Crippen LogP contribution in [-0.4, -0.2) is 41.6 Å². The van der Waals surface area contributed by atoms with Crippen LogP contribution >= 0.6 is 0 Å². The number of hydrogen-bond acceptors (Lipinski definition) is 4. The lowest BCUT2D eigenvalue weighted by molar-refractivity contribution is -0.163. The molecule has 0 spiro atoms. The van der Waals surface area contributed by atoms with Gasteiger partial charge in [-0.1, -0.05) is 36.4 Å². The summed E-state index contributed by atoms with van der Waals surface area (Å²) in [5.41, 5.74) is 0. The number of carbonyl (C=O) groups is 2. The summed E-state index contributed by atoms with van der Waals surface area (Å²) in [5, 5.41) is 1.98. The molecule has 0 aliphatic carbocycles. The van der Waals surface area contributed by atoms with Gasteiger partial charge in [-0.25, -0.2) is 4.79 Å². The van der Waals surface area contributed by atoms with Crippen molar-refractivity contribution < 1.29 is 19.1 Å². The van der Waals surface area contributed by atoms with Crippen molar-refractivity contribution >= 4 is 22.6 Å². The predicted molar refractivity (Wildman–Crippen MR) is 105 cm³/mol. The van der Waals surface area contributed by atoms with Crippen molar-refractivity contribution in [2.75, 3.05) is 6.61 Å². The fraction of sp³-hybridized carbons (Fsp3) is 0.455. The largest absolute Gasteiger partial charge is 0.481 e. The van der Waals surface area contributed by atoms with Crippen molar-refractivity contribution in [3.63, 3.8) is 0 Å². The average Bonchev–Trinajstić information content (AvgIpc) is 2.66. The van der Waals surface area contributed by atoms with Gasteiger partial charge in [0.25, 0.3) is 5.91 Å². The molecule has 1 aliphatic heterocycles. The number of ether oxygens (including phenoxy) is 2. The number of piperidine rings is 1. The van der Waals surface area contributed by atoms with E-state index in [0.29, 0.717) is 5.75 Å². The lowest BCUT2D eigenvalue weighted by atomic mass is 9.97. The highest BCUT2D eigenvalue weighted by Gasteiger charge is 2.33. The smallest absolute Gasteiger partial charge is 0.344 e. The number of esters is 1. The molecular weight excluding hydrogens is 342 g/mol. The molecule has 2 aromatic rings. The Kier molecular flexibility index (Phi) is 5.99. The van der Waals surface area contributed by atoms with Crippen LogP contribution in [0, 0.1) is 0 Å². The number of likely N-dealkylation sites (tertiary alicyclic amines) is 1. The molecule has 1 heterocycles. The van der Waals surface area contributed by atoms with Gasteiger partial charge >= 0.3 is 5.97 Å². The van der Waals surface area contributed by atoms with Gasteiger partial charge in [0.1, 0.15) is 5.75 Å². The Morgan fingerprint density at radius 2 is 1.74 bits per heavy atom. The van der Waals surface area contributed by atoms with E-state index < -0.39 is 12.1 Å². The highest BCUT2D eigenvalue weighted by Crippen LogP contribution is 2.26.